The van der Waals surface area contributed by atoms with Gasteiger partial charge in [-0.2, -0.15) is 0 Å². The molecule has 2 aliphatic rings. The van der Waals surface area contributed by atoms with Crippen LogP contribution >= 0.6 is 0 Å². The lowest BCUT2D eigenvalue weighted by Gasteiger charge is -2.38. The van der Waals surface area contributed by atoms with Gasteiger partial charge in [0.2, 0.25) is 0 Å². The first-order chi connectivity index (χ1) is 8.22. The SMILES string of the molecule is OC[C@H]1O[CH][C@H](OC2CCCCC2)[C@@H](O)[C@@H]1O. The molecule has 2 fully saturated rings. The first kappa shape index (κ1) is 13.2. The van der Waals surface area contributed by atoms with E-state index in [9.17, 15) is 10.2 Å². The highest BCUT2D eigenvalue weighted by Gasteiger charge is 2.40. The molecule has 1 saturated heterocycles. The molecule has 0 aromatic rings. The Kier molecular flexibility index (Phi) is 4.76. The van der Waals surface area contributed by atoms with Crippen molar-refractivity contribution in [2.75, 3.05) is 6.61 Å². The molecule has 1 aliphatic heterocycles. The first-order valence-corrected chi connectivity index (χ1v) is 6.33. The van der Waals surface area contributed by atoms with Crippen molar-refractivity contribution in [1.29, 1.82) is 0 Å². The lowest BCUT2D eigenvalue weighted by molar-refractivity contribution is -0.197. The quantitative estimate of drug-likeness (QED) is 0.651. The Hall–Kier alpha value is -0.200. The van der Waals surface area contributed by atoms with E-state index in [1.165, 1.54) is 13.0 Å². The zero-order valence-electron chi connectivity index (χ0n) is 9.86. The van der Waals surface area contributed by atoms with Gasteiger partial charge in [0, 0.05) is 0 Å². The Morgan fingerprint density at radius 3 is 2.47 bits per heavy atom. The third-order valence-electron chi connectivity index (χ3n) is 3.54. The summed E-state index contributed by atoms with van der Waals surface area (Å²) in [5.74, 6) is 0. The lowest BCUT2D eigenvalue weighted by atomic mass is 9.96. The topological polar surface area (TPSA) is 79.2 Å². The maximum atomic E-state index is 9.87. The number of aliphatic hydroxyl groups is 3. The molecule has 0 aromatic heterocycles. The van der Waals surface area contributed by atoms with Crippen molar-refractivity contribution >= 4 is 0 Å². The van der Waals surface area contributed by atoms with E-state index >= 15 is 0 Å². The highest BCUT2D eigenvalue weighted by atomic mass is 16.6. The Labute approximate surface area is 101 Å². The molecular weight excluding hydrogens is 224 g/mol. The third kappa shape index (κ3) is 3.17. The van der Waals surface area contributed by atoms with E-state index in [0.717, 1.165) is 25.7 Å². The normalized spacial score (nSPS) is 40.4. The highest BCUT2D eigenvalue weighted by molar-refractivity contribution is 4.93. The minimum absolute atomic E-state index is 0.140. The minimum Gasteiger partial charge on any atom is -0.394 e. The van der Waals surface area contributed by atoms with Crippen molar-refractivity contribution in [2.45, 2.75) is 62.6 Å². The van der Waals surface area contributed by atoms with Crippen LogP contribution < -0.4 is 0 Å². The Bertz CT molecular complexity index is 229. The average molecular weight is 245 g/mol. The van der Waals surface area contributed by atoms with E-state index in [1.54, 1.807) is 0 Å². The fraction of sp³-hybridized carbons (Fsp3) is 0.917. The van der Waals surface area contributed by atoms with E-state index in [1.807, 2.05) is 0 Å². The molecule has 99 valence electrons. The van der Waals surface area contributed by atoms with Gasteiger partial charge in [-0.05, 0) is 12.8 Å². The van der Waals surface area contributed by atoms with Gasteiger partial charge >= 0.3 is 0 Å². The van der Waals surface area contributed by atoms with Gasteiger partial charge in [-0.15, -0.1) is 0 Å². The van der Waals surface area contributed by atoms with Crippen LogP contribution in [-0.2, 0) is 9.47 Å². The Morgan fingerprint density at radius 2 is 1.82 bits per heavy atom. The molecule has 17 heavy (non-hydrogen) atoms. The van der Waals surface area contributed by atoms with Gasteiger partial charge in [0.05, 0.1) is 12.7 Å². The average Bonchev–Trinajstić information content (AvgIpc) is 2.37. The smallest absolute Gasteiger partial charge is 0.116 e. The molecule has 2 rings (SSSR count). The number of ether oxygens (including phenoxy) is 2. The van der Waals surface area contributed by atoms with E-state index in [4.69, 9.17) is 14.6 Å². The van der Waals surface area contributed by atoms with E-state index in [0.29, 0.717) is 0 Å². The molecule has 1 saturated carbocycles. The summed E-state index contributed by atoms with van der Waals surface area (Å²) in [6.45, 7) is 1.08. The predicted octanol–water partition coefficient (Wildman–Crippen LogP) is -0.0210. The van der Waals surface area contributed by atoms with Crippen molar-refractivity contribution in [3.05, 3.63) is 6.61 Å². The van der Waals surface area contributed by atoms with Gasteiger partial charge in [0.1, 0.15) is 31.0 Å². The van der Waals surface area contributed by atoms with Crippen molar-refractivity contribution in [3.63, 3.8) is 0 Å². The van der Waals surface area contributed by atoms with E-state index < -0.39 is 24.4 Å². The summed E-state index contributed by atoms with van der Waals surface area (Å²) < 4.78 is 10.9. The predicted molar refractivity (Wildman–Crippen MR) is 60.0 cm³/mol. The fourth-order valence-electron chi connectivity index (χ4n) is 2.44. The molecule has 0 aromatic carbocycles. The van der Waals surface area contributed by atoms with Gasteiger partial charge < -0.3 is 24.8 Å². The summed E-state index contributed by atoms with van der Waals surface area (Å²) in [5, 5.41) is 28.5. The first-order valence-electron chi connectivity index (χ1n) is 6.33. The van der Waals surface area contributed by atoms with Crippen LogP contribution in [-0.4, -0.2) is 52.4 Å². The second-order valence-electron chi connectivity index (χ2n) is 4.84. The summed E-state index contributed by atoms with van der Waals surface area (Å²) in [6, 6.07) is 0. The summed E-state index contributed by atoms with van der Waals surface area (Å²) >= 11 is 0. The molecule has 3 N–H and O–H groups in total. The molecule has 5 heteroatoms. The molecule has 0 bridgehead atoms. The van der Waals surface area contributed by atoms with E-state index in [-0.39, 0.29) is 12.7 Å². The number of rotatable bonds is 3. The summed E-state index contributed by atoms with van der Waals surface area (Å²) in [7, 11) is 0. The van der Waals surface area contributed by atoms with Crippen LogP contribution in [0.15, 0.2) is 0 Å². The molecule has 5 nitrogen and oxygen atoms in total. The molecule has 1 aliphatic carbocycles. The van der Waals surface area contributed by atoms with Crippen molar-refractivity contribution in [2.24, 2.45) is 0 Å². The van der Waals surface area contributed by atoms with Crippen LogP contribution in [0.2, 0.25) is 0 Å². The summed E-state index contributed by atoms with van der Waals surface area (Å²) in [6.07, 6.45) is 2.19. The van der Waals surface area contributed by atoms with Crippen molar-refractivity contribution in [1.82, 2.24) is 0 Å². The van der Waals surface area contributed by atoms with Gasteiger partial charge in [0.25, 0.3) is 0 Å². The lowest BCUT2D eigenvalue weighted by Crippen LogP contribution is -2.53. The van der Waals surface area contributed by atoms with Crippen LogP contribution in [0.5, 0.6) is 0 Å². The van der Waals surface area contributed by atoms with E-state index in [2.05, 4.69) is 0 Å². The van der Waals surface area contributed by atoms with Crippen LogP contribution in [0.25, 0.3) is 0 Å². The molecule has 1 heterocycles. The maximum absolute atomic E-state index is 9.87. The maximum Gasteiger partial charge on any atom is 0.116 e. The van der Waals surface area contributed by atoms with Crippen LogP contribution in [0.1, 0.15) is 32.1 Å². The second kappa shape index (κ2) is 6.11. The number of aliphatic hydroxyl groups excluding tert-OH is 3. The zero-order chi connectivity index (χ0) is 12.3. The third-order valence-corrected chi connectivity index (χ3v) is 3.54. The summed E-state index contributed by atoms with van der Waals surface area (Å²) in [5.41, 5.74) is 0. The standard InChI is InChI=1S/C12H21O5/c13-6-9-11(14)12(15)10(7-16-9)17-8-4-2-1-3-5-8/h7-15H,1-6H2/t9-,10+,11-,12-/m1/s1. The molecule has 0 spiro atoms. The number of hydrogen-bond donors (Lipinski definition) is 3. The highest BCUT2D eigenvalue weighted by Crippen LogP contribution is 2.26. The molecule has 0 amide bonds. The largest absolute Gasteiger partial charge is 0.394 e. The van der Waals surface area contributed by atoms with Crippen LogP contribution in [0, 0.1) is 6.61 Å². The monoisotopic (exact) mass is 245 g/mol. The van der Waals surface area contributed by atoms with Crippen LogP contribution in [0.4, 0.5) is 0 Å². The fourth-order valence-corrected chi connectivity index (χ4v) is 2.44. The van der Waals surface area contributed by atoms with Crippen LogP contribution in [0.3, 0.4) is 0 Å². The molecule has 0 unspecified atom stereocenters. The minimum atomic E-state index is -1.10. The van der Waals surface area contributed by atoms with Gasteiger partial charge in [-0.25, -0.2) is 0 Å². The van der Waals surface area contributed by atoms with Crippen molar-refractivity contribution < 1.29 is 24.8 Å². The second-order valence-corrected chi connectivity index (χ2v) is 4.84. The number of hydrogen-bond acceptors (Lipinski definition) is 5. The molecule has 4 atom stereocenters. The molecule has 1 radical (unpaired) electrons. The zero-order valence-corrected chi connectivity index (χ0v) is 9.86. The molecular formula is C12H21O5. The Balaban J connectivity index is 1.84. The van der Waals surface area contributed by atoms with Crippen molar-refractivity contribution in [3.8, 4) is 0 Å². The van der Waals surface area contributed by atoms with Gasteiger partial charge in [0.15, 0.2) is 0 Å². The Morgan fingerprint density at radius 1 is 1.12 bits per heavy atom. The summed E-state index contributed by atoms with van der Waals surface area (Å²) in [4.78, 5) is 0. The van der Waals surface area contributed by atoms with Gasteiger partial charge in [-0.3, -0.25) is 0 Å². The van der Waals surface area contributed by atoms with Gasteiger partial charge in [-0.1, -0.05) is 19.3 Å².